The number of hydrogen-bond donors (Lipinski definition) is 2. The van der Waals surface area contributed by atoms with Gasteiger partial charge in [0.1, 0.15) is 5.82 Å². The Morgan fingerprint density at radius 1 is 1.12 bits per heavy atom. The molecule has 33 heavy (non-hydrogen) atoms. The highest BCUT2D eigenvalue weighted by atomic mass is 35.5. The number of aryl methyl sites for hydroxylation is 1. The number of aromatic nitrogens is 1. The fourth-order valence-corrected chi connectivity index (χ4v) is 4.52. The topological polar surface area (TPSA) is 57.3 Å². The van der Waals surface area contributed by atoms with Gasteiger partial charge in [-0.3, -0.25) is 9.69 Å². The first-order valence-corrected chi connectivity index (χ1v) is 11.9. The van der Waals surface area contributed by atoms with Crippen LogP contribution in [0.3, 0.4) is 0 Å². The quantitative estimate of drug-likeness (QED) is 0.440. The number of halogens is 1. The molecule has 172 valence electrons. The number of nitrogens with one attached hydrogen (secondary N) is 2. The van der Waals surface area contributed by atoms with E-state index in [9.17, 15) is 4.79 Å². The summed E-state index contributed by atoms with van der Waals surface area (Å²) in [5.74, 6) is 0.879. The average Bonchev–Trinajstić information content (AvgIpc) is 2.84. The lowest BCUT2D eigenvalue weighted by Gasteiger charge is -2.36. The summed E-state index contributed by atoms with van der Waals surface area (Å²) in [7, 11) is 0. The van der Waals surface area contributed by atoms with E-state index >= 15 is 0 Å². The molecule has 0 aliphatic carbocycles. The summed E-state index contributed by atoms with van der Waals surface area (Å²) in [4.78, 5) is 19.5. The summed E-state index contributed by atoms with van der Waals surface area (Å²) in [5.41, 5.74) is 4.16. The minimum absolute atomic E-state index is 0.185. The predicted octanol–water partition coefficient (Wildman–Crippen LogP) is 6.18. The number of rotatable bonds is 7. The van der Waals surface area contributed by atoms with Crippen molar-refractivity contribution in [3.63, 3.8) is 0 Å². The third-order valence-electron chi connectivity index (χ3n) is 6.44. The Kier molecular flexibility index (Phi) is 7.63. The SMILES string of the molecule is Cc1cccc([C@@H](C)N2CCC(CNc3ccccc3C(=O)Nc3ccc(Cl)cn3)CC2)c1. The molecule has 1 amide bonds. The molecule has 2 aromatic carbocycles. The van der Waals surface area contributed by atoms with Crippen molar-refractivity contribution in [2.45, 2.75) is 32.7 Å². The molecule has 0 unspecified atom stereocenters. The molecule has 0 spiro atoms. The van der Waals surface area contributed by atoms with Crippen molar-refractivity contribution < 1.29 is 4.79 Å². The van der Waals surface area contributed by atoms with Gasteiger partial charge in [-0.25, -0.2) is 4.98 Å². The van der Waals surface area contributed by atoms with Crippen LogP contribution in [0.1, 0.15) is 47.3 Å². The standard InChI is InChI=1S/C27H31ClN4O/c1-19-6-5-7-22(16-19)20(2)32-14-12-21(13-15-32)17-29-25-9-4-3-8-24(25)27(33)31-26-11-10-23(28)18-30-26/h3-11,16,18,20-21,29H,12-15,17H2,1-2H3,(H,30,31,33)/t20-/m1/s1. The van der Waals surface area contributed by atoms with E-state index in [4.69, 9.17) is 11.6 Å². The van der Waals surface area contributed by atoms with Crippen molar-refractivity contribution in [2.75, 3.05) is 30.3 Å². The summed E-state index contributed by atoms with van der Waals surface area (Å²) in [5, 5.41) is 6.90. The third-order valence-corrected chi connectivity index (χ3v) is 6.67. The number of carbonyl (C=O) groups is 1. The molecule has 5 nitrogen and oxygen atoms in total. The molecule has 6 heteroatoms. The van der Waals surface area contributed by atoms with Crippen LogP contribution in [-0.4, -0.2) is 35.4 Å². The van der Waals surface area contributed by atoms with E-state index in [0.717, 1.165) is 38.2 Å². The second-order valence-corrected chi connectivity index (χ2v) is 9.25. The van der Waals surface area contributed by atoms with Gasteiger partial charge in [0.15, 0.2) is 0 Å². The largest absolute Gasteiger partial charge is 0.384 e. The first-order valence-electron chi connectivity index (χ1n) is 11.6. The van der Waals surface area contributed by atoms with Crippen molar-refractivity contribution in [2.24, 2.45) is 5.92 Å². The summed E-state index contributed by atoms with van der Waals surface area (Å²) < 4.78 is 0. The van der Waals surface area contributed by atoms with Crippen molar-refractivity contribution in [1.29, 1.82) is 0 Å². The zero-order valence-corrected chi connectivity index (χ0v) is 20.0. The summed E-state index contributed by atoms with van der Waals surface area (Å²) >= 11 is 5.88. The average molecular weight is 463 g/mol. The molecule has 1 fully saturated rings. The fourth-order valence-electron chi connectivity index (χ4n) is 4.41. The highest BCUT2D eigenvalue weighted by Crippen LogP contribution is 2.28. The Labute approximate surface area is 201 Å². The number of benzene rings is 2. The maximum absolute atomic E-state index is 12.8. The van der Waals surface area contributed by atoms with Gasteiger partial charge in [0.2, 0.25) is 0 Å². The Morgan fingerprint density at radius 3 is 2.64 bits per heavy atom. The number of likely N-dealkylation sites (tertiary alicyclic amines) is 1. The Balaban J connectivity index is 1.31. The van der Waals surface area contributed by atoms with Crippen LogP contribution in [0.5, 0.6) is 0 Å². The van der Waals surface area contributed by atoms with E-state index in [1.54, 1.807) is 12.1 Å². The van der Waals surface area contributed by atoms with Gasteiger partial charge in [0.25, 0.3) is 5.91 Å². The summed E-state index contributed by atoms with van der Waals surface area (Å²) in [6.45, 7) is 7.49. The Bertz CT molecular complexity index is 1080. The Hall–Kier alpha value is -2.89. The lowest BCUT2D eigenvalue weighted by atomic mass is 9.94. The molecule has 4 rings (SSSR count). The number of piperidine rings is 1. The maximum Gasteiger partial charge on any atom is 0.258 e. The van der Waals surface area contributed by atoms with Crippen molar-refractivity contribution in [3.8, 4) is 0 Å². The highest BCUT2D eigenvalue weighted by molar-refractivity contribution is 6.30. The first kappa shape index (κ1) is 23.3. The van der Waals surface area contributed by atoms with E-state index < -0.39 is 0 Å². The minimum atomic E-state index is -0.185. The van der Waals surface area contributed by atoms with Crippen LogP contribution in [0.2, 0.25) is 5.02 Å². The van der Waals surface area contributed by atoms with E-state index in [0.29, 0.717) is 28.4 Å². The van der Waals surface area contributed by atoms with Gasteiger partial charge in [-0.15, -0.1) is 0 Å². The second kappa shape index (κ2) is 10.8. The van der Waals surface area contributed by atoms with E-state index in [1.807, 2.05) is 24.3 Å². The molecule has 2 N–H and O–H groups in total. The molecule has 1 atom stereocenters. The molecular formula is C27H31ClN4O. The molecular weight excluding hydrogens is 432 g/mol. The van der Waals surface area contributed by atoms with Crippen LogP contribution in [0, 0.1) is 12.8 Å². The van der Waals surface area contributed by atoms with E-state index in [1.165, 1.54) is 17.3 Å². The second-order valence-electron chi connectivity index (χ2n) is 8.81. The first-order chi connectivity index (χ1) is 16.0. The maximum atomic E-state index is 12.8. The number of carbonyl (C=O) groups excluding carboxylic acids is 1. The third kappa shape index (κ3) is 6.12. The van der Waals surface area contributed by atoms with Gasteiger partial charge in [-0.05, 0) is 75.5 Å². The lowest BCUT2D eigenvalue weighted by Crippen LogP contribution is -2.37. The van der Waals surface area contributed by atoms with Gasteiger partial charge >= 0.3 is 0 Å². The van der Waals surface area contributed by atoms with Crippen LogP contribution in [-0.2, 0) is 0 Å². The van der Waals surface area contributed by atoms with Crippen molar-refractivity contribution in [3.05, 3.63) is 88.6 Å². The smallest absolute Gasteiger partial charge is 0.258 e. The van der Waals surface area contributed by atoms with Gasteiger partial charge < -0.3 is 10.6 Å². The molecule has 1 aliphatic heterocycles. The van der Waals surface area contributed by atoms with Crippen LogP contribution >= 0.6 is 11.6 Å². The van der Waals surface area contributed by atoms with Gasteiger partial charge in [-0.2, -0.15) is 0 Å². The number of hydrogen-bond acceptors (Lipinski definition) is 4. The van der Waals surface area contributed by atoms with E-state index in [2.05, 4.69) is 58.6 Å². The number of anilines is 2. The number of amides is 1. The molecule has 2 heterocycles. The van der Waals surface area contributed by atoms with Crippen molar-refractivity contribution >= 4 is 29.0 Å². The van der Waals surface area contributed by atoms with E-state index in [-0.39, 0.29) is 5.91 Å². The predicted molar refractivity (Wildman–Crippen MR) is 136 cm³/mol. The Morgan fingerprint density at radius 2 is 1.91 bits per heavy atom. The van der Waals surface area contributed by atoms with Gasteiger partial charge in [0, 0.05) is 24.5 Å². The van der Waals surface area contributed by atoms with Crippen LogP contribution in [0.15, 0.2) is 66.9 Å². The van der Waals surface area contributed by atoms with Crippen LogP contribution in [0.25, 0.3) is 0 Å². The minimum Gasteiger partial charge on any atom is -0.384 e. The molecule has 1 saturated heterocycles. The number of pyridine rings is 1. The molecule has 0 bridgehead atoms. The number of para-hydroxylation sites is 1. The monoisotopic (exact) mass is 462 g/mol. The number of nitrogens with zero attached hydrogens (tertiary/aromatic N) is 2. The van der Waals surface area contributed by atoms with Gasteiger partial charge in [0.05, 0.1) is 10.6 Å². The lowest BCUT2D eigenvalue weighted by molar-refractivity contribution is 0.102. The fraction of sp³-hybridized carbons (Fsp3) is 0.333. The zero-order valence-electron chi connectivity index (χ0n) is 19.2. The van der Waals surface area contributed by atoms with Crippen LogP contribution in [0.4, 0.5) is 11.5 Å². The highest BCUT2D eigenvalue weighted by Gasteiger charge is 2.24. The molecule has 1 aromatic heterocycles. The zero-order chi connectivity index (χ0) is 23.2. The van der Waals surface area contributed by atoms with Crippen molar-refractivity contribution in [1.82, 2.24) is 9.88 Å². The summed E-state index contributed by atoms with van der Waals surface area (Å²) in [6.07, 6.45) is 3.81. The molecule has 3 aromatic rings. The molecule has 0 radical (unpaired) electrons. The van der Waals surface area contributed by atoms with Gasteiger partial charge in [-0.1, -0.05) is 53.6 Å². The normalized spacial score (nSPS) is 15.7. The molecule has 0 saturated carbocycles. The van der Waals surface area contributed by atoms with Crippen LogP contribution < -0.4 is 10.6 Å². The molecule has 1 aliphatic rings. The summed E-state index contributed by atoms with van der Waals surface area (Å²) in [6, 6.07) is 20.3.